The van der Waals surface area contributed by atoms with Gasteiger partial charge < -0.3 is 9.88 Å². The van der Waals surface area contributed by atoms with Gasteiger partial charge in [-0.2, -0.15) is 13.2 Å². The van der Waals surface area contributed by atoms with Crippen LogP contribution in [-0.2, 0) is 33.1 Å². The SMILES string of the molecule is O=C(Cn1cc(S(=O)(=O)Cc2cccc(F)c2)c2ccccc21)Nc1cccc(C(F)(F)F)c1. The minimum absolute atomic E-state index is 0.0285. The maximum Gasteiger partial charge on any atom is 0.416 e. The predicted octanol–water partition coefficient (Wildman–Crippen LogP) is 5.41. The van der Waals surface area contributed by atoms with Crippen LogP contribution in [-0.4, -0.2) is 18.9 Å². The first-order valence-electron chi connectivity index (χ1n) is 10.1. The van der Waals surface area contributed by atoms with E-state index in [4.69, 9.17) is 0 Å². The van der Waals surface area contributed by atoms with Crippen molar-refractivity contribution in [3.63, 3.8) is 0 Å². The van der Waals surface area contributed by atoms with Gasteiger partial charge in [-0.25, -0.2) is 12.8 Å². The highest BCUT2D eigenvalue weighted by Gasteiger charge is 2.30. The lowest BCUT2D eigenvalue weighted by molar-refractivity contribution is -0.137. The number of nitrogens with zero attached hydrogens (tertiary/aromatic N) is 1. The number of rotatable bonds is 6. The molecule has 1 amide bonds. The van der Waals surface area contributed by atoms with Gasteiger partial charge in [-0.15, -0.1) is 0 Å². The van der Waals surface area contributed by atoms with Gasteiger partial charge in [-0.3, -0.25) is 4.79 Å². The minimum atomic E-state index is -4.55. The summed E-state index contributed by atoms with van der Waals surface area (Å²) in [7, 11) is -3.90. The molecular formula is C24H18F4N2O3S. The molecule has 0 aliphatic carbocycles. The average molecular weight is 490 g/mol. The number of fused-ring (bicyclic) bond motifs is 1. The molecule has 4 rings (SSSR count). The fourth-order valence-corrected chi connectivity index (χ4v) is 5.21. The first-order valence-corrected chi connectivity index (χ1v) is 11.7. The highest BCUT2D eigenvalue weighted by molar-refractivity contribution is 7.90. The molecule has 1 N–H and O–H groups in total. The lowest BCUT2D eigenvalue weighted by atomic mass is 10.2. The summed E-state index contributed by atoms with van der Waals surface area (Å²) in [6, 6.07) is 16.0. The molecule has 5 nitrogen and oxygen atoms in total. The summed E-state index contributed by atoms with van der Waals surface area (Å²) in [5.74, 6) is -1.62. The monoisotopic (exact) mass is 490 g/mol. The van der Waals surface area contributed by atoms with Gasteiger partial charge in [0.1, 0.15) is 12.4 Å². The fourth-order valence-electron chi connectivity index (χ4n) is 3.64. The van der Waals surface area contributed by atoms with Gasteiger partial charge in [0.25, 0.3) is 0 Å². The van der Waals surface area contributed by atoms with E-state index in [1.165, 1.54) is 41.1 Å². The van der Waals surface area contributed by atoms with Crippen molar-refractivity contribution in [1.29, 1.82) is 0 Å². The van der Waals surface area contributed by atoms with E-state index in [1.54, 1.807) is 24.3 Å². The van der Waals surface area contributed by atoms with Crippen LogP contribution in [0.1, 0.15) is 11.1 Å². The van der Waals surface area contributed by atoms with E-state index in [9.17, 15) is 30.8 Å². The van der Waals surface area contributed by atoms with Crippen molar-refractivity contribution in [3.05, 3.63) is 95.9 Å². The van der Waals surface area contributed by atoms with Crippen LogP contribution >= 0.6 is 0 Å². The highest BCUT2D eigenvalue weighted by atomic mass is 32.2. The third-order valence-corrected chi connectivity index (χ3v) is 6.83. The summed E-state index contributed by atoms with van der Waals surface area (Å²) < 4.78 is 79.9. The standard InChI is InChI=1S/C24H18F4N2O3S/c25-18-7-3-5-16(11-18)15-34(32,33)22-13-30(21-10-2-1-9-20(21)22)14-23(31)29-19-8-4-6-17(12-19)24(26,27)28/h1-13H,14-15H2,(H,29,31). The summed E-state index contributed by atoms with van der Waals surface area (Å²) in [6.45, 7) is -0.327. The van der Waals surface area contributed by atoms with Crippen LogP contribution < -0.4 is 5.32 Å². The molecule has 0 atom stereocenters. The van der Waals surface area contributed by atoms with Crippen molar-refractivity contribution in [2.75, 3.05) is 5.32 Å². The first kappa shape index (κ1) is 23.5. The van der Waals surface area contributed by atoms with Crippen LogP contribution in [0.25, 0.3) is 10.9 Å². The summed E-state index contributed by atoms with van der Waals surface area (Å²) in [4.78, 5) is 12.5. The van der Waals surface area contributed by atoms with E-state index in [1.807, 2.05) is 0 Å². The molecule has 0 aliphatic rings. The Hall–Kier alpha value is -3.66. The van der Waals surface area contributed by atoms with Crippen LogP contribution in [0.15, 0.2) is 83.9 Å². The molecule has 0 aliphatic heterocycles. The maximum absolute atomic E-state index is 13.5. The fraction of sp³-hybridized carbons (Fsp3) is 0.125. The van der Waals surface area contributed by atoms with Crippen LogP contribution in [0, 0.1) is 5.82 Å². The number of sulfone groups is 1. The molecule has 0 spiro atoms. The maximum atomic E-state index is 13.5. The van der Waals surface area contributed by atoms with Crippen LogP contribution in [0.4, 0.5) is 23.2 Å². The lowest BCUT2D eigenvalue weighted by Crippen LogP contribution is -2.18. The van der Waals surface area contributed by atoms with Crippen LogP contribution in [0.3, 0.4) is 0 Å². The summed E-state index contributed by atoms with van der Waals surface area (Å²) >= 11 is 0. The number of carbonyl (C=O) groups is 1. The molecule has 3 aromatic carbocycles. The Kier molecular flexibility index (Phi) is 6.18. The third kappa shape index (κ3) is 5.12. The summed E-state index contributed by atoms with van der Waals surface area (Å²) in [5, 5.41) is 2.79. The van der Waals surface area contributed by atoms with Gasteiger partial charge in [0, 0.05) is 22.8 Å². The van der Waals surface area contributed by atoms with Crippen LogP contribution in [0.2, 0.25) is 0 Å². The Morgan fingerprint density at radius 3 is 2.41 bits per heavy atom. The molecule has 0 bridgehead atoms. The van der Waals surface area contributed by atoms with E-state index in [-0.39, 0.29) is 22.7 Å². The largest absolute Gasteiger partial charge is 0.416 e. The smallest absolute Gasteiger partial charge is 0.337 e. The molecule has 4 aromatic rings. The number of nitrogens with one attached hydrogen (secondary N) is 1. The van der Waals surface area contributed by atoms with Gasteiger partial charge in [0.05, 0.1) is 16.2 Å². The Bertz CT molecular complexity index is 1480. The highest BCUT2D eigenvalue weighted by Crippen LogP contribution is 2.31. The number of hydrogen-bond donors (Lipinski definition) is 1. The molecule has 0 saturated carbocycles. The summed E-state index contributed by atoms with van der Waals surface area (Å²) in [6.07, 6.45) is -3.24. The second kappa shape index (κ2) is 8.94. The van der Waals surface area contributed by atoms with Crippen molar-refractivity contribution in [2.24, 2.45) is 0 Å². The second-order valence-electron chi connectivity index (χ2n) is 7.65. The minimum Gasteiger partial charge on any atom is -0.337 e. The zero-order valence-corrected chi connectivity index (χ0v) is 18.3. The zero-order chi connectivity index (χ0) is 24.5. The molecule has 1 aromatic heterocycles. The van der Waals surface area contributed by atoms with Crippen molar-refractivity contribution in [1.82, 2.24) is 4.57 Å². The normalized spacial score (nSPS) is 12.1. The number of alkyl halides is 3. The van der Waals surface area contributed by atoms with E-state index in [0.717, 1.165) is 18.2 Å². The number of benzene rings is 3. The topological polar surface area (TPSA) is 68.2 Å². The number of para-hydroxylation sites is 1. The number of carbonyl (C=O) groups excluding carboxylic acids is 1. The molecule has 0 fully saturated rings. The molecule has 34 heavy (non-hydrogen) atoms. The molecular weight excluding hydrogens is 472 g/mol. The third-order valence-electron chi connectivity index (χ3n) is 5.12. The Balaban J connectivity index is 1.61. The van der Waals surface area contributed by atoms with Gasteiger partial charge >= 0.3 is 6.18 Å². The molecule has 1 heterocycles. The van der Waals surface area contributed by atoms with Crippen molar-refractivity contribution in [3.8, 4) is 0 Å². The molecule has 176 valence electrons. The van der Waals surface area contributed by atoms with E-state index in [0.29, 0.717) is 10.9 Å². The second-order valence-corrected chi connectivity index (χ2v) is 9.61. The first-order chi connectivity index (χ1) is 16.0. The number of anilines is 1. The number of aromatic nitrogens is 1. The average Bonchev–Trinajstić information content (AvgIpc) is 3.12. The van der Waals surface area contributed by atoms with Crippen molar-refractivity contribution >= 4 is 32.3 Å². The Morgan fingerprint density at radius 1 is 0.941 bits per heavy atom. The number of hydrogen-bond acceptors (Lipinski definition) is 3. The van der Waals surface area contributed by atoms with Crippen molar-refractivity contribution in [2.45, 2.75) is 23.4 Å². The molecule has 0 saturated heterocycles. The Labute approximate surface area is 192 Å². The van der Waals surface area contributed by atoms with Gasteiger partial charge in [-0.05, 0) is 42.0 Å². The van der Waals surface area contributed by atoms with Crippen LogP contribution in [0.5, 0.6) is 0 Å². The Morgan fingerprint density at radius 2 is 1.68 bits per heavy atom. The number of halogens is 4. The quantitative estimate of drug-likeness (QED) is 0.368. The van der Waals surface area contributed by atoms with Gasteiger partial charge in [0.15, 0.2) is 9.84 Å². The van der Waals surface area contributed by atoms with E-state index >= 15 is 0 Å². The van der Waals surface area contributed by atoms with E-state index in [2.05, 4.69) is 5.32 Å². The van der Waals surface area contributed by atoms with Gasteiger partial charge in [0.2, 0.25) is 5.91 Å². The molecule has 10 heteroatoms. The van der Waals surface area contributed by atoms with Crippen molar-refractivity contribution < 1.29 is 30.8 Å². The van der Waals surface area contributed by atoms with Gasteiger partial charge in [-0.1, -0.05) is 36.4 Å². The van der Waals surface area contributed by atoms with E-state index < -0.39 is 39.1 Å². The lowest BCUT2D eigenvalue weighted by Gasteiger charge is -2.10. The summed E-state index contributed by atoms with van der Waals surface area (Å²) in [5.41, 5.74) is -0.198. The zero-order valence-electron chi connectivity index (χ0n) is 17.5. The predicted molar refractivity (Wildman–Crippen MR) is 119 cm³/mol. The molecule has 0 unspecified atom stereocenters. The number of amides is 1. The molecule has 0 radical (unpaired) electrons.